The van der Waals surface area contributed by atoms with Crippen LogP contribution in [0, 0.1) is 6.42 Å². The Morgan fingerprint density at radius 1 is 0.806 bits per heavy atom. The first kappa shape index (κ1) is 24.9. The minimum Gasteiger partial charge on any atom is -0.448 e. The molecule has 4 N–H and O–H groups in total. The van der Waals surface area contributed by atoms with E-state index in [-0.39, 0.29) is 32.2 Å². The zero-order valence-electron chi connectivity index (χ0n) is 19.7. The lowest BCUT2D eigenvalue weighted by atomic mass is 9.78. The third-order valence-corrected chi connectivity index (χ3v) is 6.10. The Morgan fingerprint density at radius 2 is 1.39 bits per heavy atom. The third-order valence-electron chi connectivity index (χ3n) is 6.10. The van der Waals surface area contributed by atoms with Gasteiger partial charge < -0.3 is 25.8 Å². The highest BCUT2D eigenvalue weighted by molar-refractivity contribution is 6.00. The van der Waals surface area contributed by atoms with E-state index in [1.165, 1.54) is 6.42 Å². The molecule has 3 aromatic rings. The van der Waals surface area contributed by atoms with Gasteiger partial charge in [0.1, 0.15) is 12.0 Å². The molecule has 8 heteroatoms. The van der Waals surface area contributed by atoms with Gasteiger partial charge >= 0.3 is 6.09 Å². The molecule has 1 aliphatic rings. The van der Waals surface area contributed by atoms with Crippen LogP contribution in [0.25, 0.3) is 11.1 Å². The molecule has 0 fully saturated rings. The number of hydrogen-bond donors (Lipinski definition) is 3. The standard InChI is InChI=1S/C28H28N3O5/c29-26(33)28(23-12-6-4-10-21(23)22-11-5-7-13-24(22)28)19-36-27(34)31-16-15-30-25(32)14-17-35-18-20-8-2-1-3-9-20/h1-14H,15-19H2,(H2,29,33)(H,30,32)(H,31,34). The topological polar surface area (TPSA) is 120 Å². The number of rotatable bonds is 11. The van der Waals surface area contributed by atoms with Crippen LogP contribution in [-0.4, -0.2) is 44.2 Å². The number of carbonyl (C=O) groups excluding carboxylic acids is 3. The second kappa shape index (κ2) is 11.5. The molecule has 0 aromatic heterocycles. The molecule has 3 aromatic carbocycles. The van der Waals surface area contributed by atoms with Crippen LogP contribution in [0.15, 0.2) is 78.9 Å². The summed E-state index contributed by atoms with van der Waals surface area (Å²) in [5, 5.41) is 5.25. The molecule has 3 amide bonds. The number of hydrogen-bond acceptors (Lipinski definition) is 5. The lowest BCUT2D eigenvalue weighted by Gasteiger charge is -2.28. The summed E-state index contributed by atoms with van der Waals surface area (Å²) in [6.45, 7) is 0.713. The molecular formula is C28H28N3O5. The van der Waals surface area contributed by atoms with E-state index in [1.807, 2.05) is 78.9 Å². The number of primary amides is 1. The predicted octanol–water partition coefficient (Wildman–Crippen LogP) is 2.70. The summed E-state index contributed by atoms with van der Waals surface area (Å²) in [6.07, 6.45) is 0.689. The smallest absolute Gasteiger partial charge is 0.407 e. The van der Waals surface area contributed by atoms with Crippen LogP contribution in [0.5, 0.6) is 0 Å². The van der Waals surface area contributed by atoms with Crippen molar-refractivity contribution in [2.45, 2.75) is 12.0 Å². The average Bonchev–Trinajstić information content (AvgIpc) is 3.19. The normalized spacial score (nSPS) is 12.8. The highest BCUT2D eigenvalue weighted by atomic mass is 16.5. The van der Waals surface area contributed by atoms with Gasteiger partial charge in [-0.3, -0.25) is 9.59 Å². The number of carbonyl (C=O) groups is 3. The Morgan fingerprint density at radius 3 is 2.03 bits per heavy atom. The van der Waals surface area contributed by atoms with Crippen LogP contribution < -0.4 is 16.4 Å². The molecule has 185 valence electrons. The van der Waals surface area contributed by atoms with Crippen molar-refractivity contribution in [3.05, 3.63) is 102 Å². The predicted molar refractivity (Wildman–Crippen MR) is 135 cm³/mol. The summed E-state index contributed by atoms with van der Waals surface area (Å²) in [5.74, 6) is -0.893. The van der Waals surface area contributed by atoms with Crippen molar-refractivity contribution in [3.8, 4) is 11.1 Å². The second-order valence-corrected chi connectivity index (χ2v) is 8.36. The molecule has 0 bridgehead atoms. The molecule has 0 aliphatic heterocycles. The Bertz CT molecular complexity index is 1180. The van der Waals surface area contributed by atoms with Crippen LogP contribution >= 0.6 is 0 Å². The molecule has 4 rings (SSSR count). The number of nitrogens with one attached hydrogen (secondary N) is 2. The van der Waals surface area contributed by atoms with Gasteiger partial charge in [0.25, 0.3) is 0 Å². The Labute approximate surface area is 209 Å². The minimum atomic E-state index is -1.27. The summed E-state index contributed by atoms with van der Waals surface area (Å²) < 4.78 is 10.9. The number of benzene rings is 3. The van der Waals surface area contributed by atoms with Gasteiger partial charge in [-0.05, 0) is 27.8 Å². The maximum Gasteiger partial charge on any atom is 0.407 e. The Hall–Kier alpha value is -4.17. The van der Waals surface area contributed by atoms with E-state index in [0.29, 0.717) is 17.7 Å². The van der Waals surface area contributed by atoms with Crippen LogP contribution in [0.4, 0.5) is 4.79 Å². The molecule has 0 heterocycles. The van der Waals surface area contributed by atoms with Crippen molar-refractivity contribution in [2.24, 2.45) is 5.73 Å². The lowest BCUT2D eigenvalue weighted by molar-refractivity contribution is -0.123. The molecule has 1 radical (unpaired) electrons. The van der Waals surface area contributed by atoms with E-state index >= 15 is 0 Å². The van der Waals surface area contributed by atoms with Gasteiger partial charge in [-0.25, -0.2) is 4.79 Å². The van der Waals surface area contributed by atoms with Crippen molar-refractivity contribution in [1.82, 2.24) is 10.6 Å². The van der Waals surface area contributed by atoms with E-state index in [4.69, 9.17) is 15.2 Å². The molecule has 1 aliphatic carbocycles. The van der Waals surface area contributed by atoms with E-state index in [0.717, 1.165) is 16.7 Å². The van der Waals surface area contributed by atoms with Crippen LogP contribution in [0.3, 0.4) is 0 Å². The largest absolute Gasteiger partial charge is 0.448 e. The third kappa shape index (κ3) is 5.39. The fraction of sp³-hybridized carbons (Fsp3) is 0.214. The van der Waals surface area contributed by atoms with E-state index in [2.05, 4.69) is 10.6 Å². The van der Waals surface area contributed by atoms with Crippen molar-refractivity contribution >= 4 is 17.9 Å². The quantitative estimate of drug-likeness (QED) is 0.360. The molecule has 0 spiro atoms. The van der Waals surface area contributed by atoms with Crippen molar-refractivity contribution < 1.29 is 23.9 Å². The maximum atomic E-state index is 12.7. The van der Waals surface area contributed by atoms with E-state index < -0.39 is 17.4 Å². The minimum absolute atomic E-state index is 0.153. The van der Waals surface area contributed by atoms with Crippen molar-refractivity contribution in [2.75, 3.05) is 26.3 Å². The van der Waals surface area contributed by atoms with Crippen molar-refractivity contribution in [1.29, 1.82) is 0 Å². The van der Waals surface area contributed by atoms with E-state index in [9.17, 15) is 14.4 Å². The Kier molecular flexibility index (Phi) is 7.97. The summed E-state index contributed by atoms with van der Waals surface area (Å²) in [4.78, 5) is 37.0. The van der Waals surface area contributed by atoms with Crippen LogP contribution in [0.2, 0.25) is 0 Å². The number of ether oxygens (including phenoxy) is 2. The van der Waals surface area contributed by atoms with Crippen LogP contribution in [0.1, 0.15) is 16.7 Å². The monoisotopic (exact) mass is 486 g/mol. The van der Waals surface area contributed by atoms with Gasteiger partial charge in [-0.2, -0.15) is 0 Å². The first-order valence-electron chi connectivity index (χ1n) is 11.6. The number of nitrogens with two attached hydrogens (primary N) is 1. The molecule has 8 nitrogen and oxygen atoms in total. The van der Waals surface area contributed by atoms with Gasteiger partial charge in [-0.15, -0.1) is 0 Å². The number of amides is 3. The zero-order valence-corrected chi connectivity index (χ0v) is 19.7. The highest BCUT2D eigenvalue weighted by Gasteiger charge is 2.49. The van der Waals surface area contributed by atoms with Gasteiger partial charge in [0.15, 0.2) is 0 Å². The first-order valence-corrected chi connectivity index (χ1v) is 11.6. The zero-order chi connectivity index (χ0) is 25.4. The summed E-state index contributed by atoms with van der Waals surface area (Å²) in [5.41, 5.74) is 8.84. The molecule has 0 saturated heterocycles. The molecule has 36 heavy (non-hydrogen) atoms. The van der Waals surface area contributed by atoms with Gasteiger partial charge in [0.05, 0.1) is 19.6 Å². The van der Waals surface area contributed by atoms with Crippen molar-refractivity contribution in [3.63, 3.8) is 0 Å². The molecule has 0 saturated carbocycles. The van der Waals surface area contributed by atoms with Gasteiger partial charge in [0, 0.05) is 13.1 Å². The molecule has 0 atom stereocenters. The highest BCUT2D eigenvalue weighted by Crippen LogP contribution is 2.48. The maximum absolute atomic E-state index is 12.7. The van der Waals surface area contributed by atoms with Crippen LogP contribution in [-0.2, 0) is 31.1 Å². The fourth-order valence-corrected chi connectivity index (χ4v) is 4.35. The molecule has 0 unspecified atom stereocenters. The SMILES string of the molecule is NC(=O)C1(COC(=O)NCCNC(=O)[CH]COCc2ccccc2)c2ccccc2-c2ccccc21. The lowest BCUT2D eigenvalue weighted by Crippen LogP contribution is -2.46. The van der Waals surface area contributed by atoms with Gasteiger partial charge in [0.2, 0.25) is 11.8 Å². The van der Waals surface area contributed by atoms with Gasteiger partial charge in [-0.1, -0.05) is 78.9 Å². The number of alkyl carbamates (subject to hydrolysis) is 1. The molecular weight excluding hydrogens is 458 g/mol. The van der Waals surface area contributed by atoms with E-state index in [1.54, 1.807) is 0 Å². The first-order chi connectivity index (χ1) is 17.5. The second-order valence-electron chi connectivity index (χ2n) is 8.36. The Balaban J connectivity index is 1.22. The summed E-state index contributed by atoms with van der Waals surface area (Å²) in [7, 11) is 0. The average molecular weight is 487 g/mol. The summed E-state index contributed by atoms with van der Waals surface area (Å²) in [6, 6.07) is 24.6. The summed E-state index contributed by atoms with van der Waals surface area (Å²) >= 11 is 0. The number of fused-ring (bicyclic) bond motifs is 3. The fourth-order valence-electron chi connectivity index (χ4n) is 4.35.